The highest BCUT2D eigenvalue weighted by Crippen LogP contribution is 2.42. The van der Waals surface area contributed by atoms with Gasteiger partial charge in [0.2, 0.25) is 6.23 Å². The molecule has 0 aromatic carbocycles. The van der Waals surface area contributed by atoms with E-state index >= 15 is 0 Å². The lowest BCUT2D eigenvalue weighted by molar-refractivity contribution is -0.141. The Morgan fingerprint density at radius 3 is 2.81 bits per heavy atom. The van der Waals surface area contributed by atoms with Crippen molar-refractivity contribution < 1.29 is 23.7 Å². The fraction of sp³-hybridized carbons (Fsp3) is 0.455. The lowest BCUT2D eigenvalue weighted by atomic mass is 10.1. The summed E-state index contributed by atoms with van der Waals surface area (Å²) < 4.78 is 35.0. The molecule has 0 saturated carbocycles. The van der Waals surface area contributed by atoms with Crippen molar-refractivity contribution in [1.29, 1.82) is 0 Å². The lowest BCUT2D eigenvalue weighted by Gasteiger charge is -2.21. The van der Waals surface area contributed by atoms with Crippen LogP contribution >= 0.6 is 22.6 Å². The van der Waals surface area contributed by atoms with Crippen LogP contribution in [0.2, 0.25) is 0 Å². The molecule has 116 valence electrons. The van der Waals surface area contributed by atoms with E-state index in [1.807, 2.05) is 22.6 Å². The lowest BCUT2D eigenvalue weighted by Crippen LogP contribution is -2.42. The minimum Gasteiger partial charge on any atom is -0.394 e. The van der Waals surface area contributed by atoms with Gasteiger partial charge in [0.05, 0.1) is 6.61 Å². The molecule has 0 spiro atoms. The Hall–Kier alpha value is -1.11. The predicted octanol–water partition coefficient (Wildman–Crippen LogP) is 0.117. The van der Waals surface area contributed by atoms with Gasteiger partial charge in [0.1, 0.15) is 11.9 Å². The minimum atomic E-state index is -3.75. The maximum atomic E-state index is 14.0. The number of nitrogen functional groups attached to an aromatic ring is 1. The van der Waals surface area contributed by atoms with Gasteiger partial charge < -0.3 is 20.7 Å². The number of anilines is 1. The Labute approximate surface area is 131 Å². The van der Waals surface area contributed by atoms with E-state index in [4.69, 9.17) is 15.6 Å². The molecule has 0 bridgehead atoms. The van der Waals surface area contributed by atoms with Crippen molar-refractivity contribution in [3.05, 3.63) is 26.3 Å². The van der Waals surface area contributed by atoms with Crippen LogP contribution in [-0.4, -0.2) is 44.5 Å². The third-order valence-corrected chi connectivity index (χ3v) is 3.43. The van der Waals surface area contributed by atoms with Crippen LogP contribution in [0.1, 0.15) is 11.8 Å². The first-order valence-electron chi connectivity index (χ1n) is 5.80. The monoisotopic (exact) mass is 415 g/mol. The molecule has 7 nitrogen and oxygen atoms in total. The number of ether oxygens (including phenoxy) is 1. The Balaban J connectivity index is 2.51. The Bertz CT molecular complexity index is 622. The SMILES string of the molecule is Nc1nc(=O)n(C2OC(CO)C(O)C2(F)F)cc1C=CI. The fourth-order valence-corrected chi connectivity index (χ4v) is 2.37. The van der Waals surface area contributed by atoms with Crippen molar-refractivity contribution in [3.8, 4) is 0 Å². The first-order valence-corrected chi connectivity index (χ1v) is 7.05. The van der Waals surface area contributed by atoms with E-state index < -0.39 is 36.7 Å². The van der Waals surface area contributed by atoms with Gasteiger partial charge in [0.15, 0.2) is 6.10 Å². The first kappa shape index (κ1) is 16.3. The normalized spacial score (nSPS) is 28.3. The zero-order valence-electron chi connectivity index (χ0n) is 10.5. The topological polar surface area (TPSA) is 111 Å². The molecule has 1 fully saturated rings. The van der Waals surface area contributed by atoms with Crippen LogP contribution in [0.4, 0.5) is 14.6 Å². The molecular formula is C11H12F2IN3O4. The molecule has 2 heterocycles. The summed E-state index contributed by atoms with van der Waals surface area (Å²) in [5.74, 6) is -3.86. The Morgan fingerprint density at radius 1 is 1.62 bits per heavy atom. The number of nitrogens with zero attached hydrogens (tertiary/aromatic N) is 2. The van der Waals surface area contributed by atoms with E-state index in [2.05, 4.69) is 4.98 Å². The highest BCUT2D eigenvalue weighted by atomic mass is 127. The van der Waals surface area contributed by atoms with Gasteiger partial charge in [-0.2, -0.15) is 13.8 Å². The zero-order chi connectivity index (χ0) is 15.8. The highest BCUT2D eigenvalue weighted by molar-refractivity contribution is 14.1. The number of aromatic nitrogens is 2. The number of aliphatic hydroxyl groups is 2. The fourth-order valence-electron chi connectivity index (χ4n) is 1.98. The van der Waals surface area contributed by atoms with Gasteiger partial charge in [-0.1, -0.05) is 22.6 Å². The number of aliphatic hydroxyl groups excluding tert-OH is 2. The molecule has 3 unspecified atom stereocenters. The number of halogens is 3. The molecule has 1 saturated heterocycles. The summed E-state index contributed by atoms with van der Waals surface area (Å²) >= 11 is 1.89. The van der Waals surface area contributed by atoms with Gasteiger partial charge in [-0.25, -0.2) is 4.79 Å². The first-order chi connectivity index (χ1) is 9.82. The van der Waals surface area contributed by atoms with Crippen LogP contribution in [0, 0.1) is 0 Å². The van der Waals surface area contributed by atoms with Crippen LogP contribution < -0.4 is 11.4 Å². The van der Waals surface area contributed by atoms with Crippen LogP contribution in [0.5, 0.6) is 0 Å². The van der Waals surface area contributed by atoms with Crippen molar-refractivity contribution in [2.45, 2.75) is 24.4 Å². The number of hydrogen-bond acceptors (Lipinski definition) is 6. The van der Waals surface area contributed by atoms with Gasteiger partial charge >= 0.3 is 11.6 Å². The van der Waals surface area contributed by atoms with E-state index in [1.165, 1.54) is 6.08 Å². The second-order valence-electron chi connectivity index (χ2n) is 4.39. The Morgan fingerprint density at radius 2 is 2.29 bits per heavy atom. The zero-order valence-corrected chi connectivity index (χ0v) is 12.6. The molecule has 0 aliphatic carbocycles. The molecule has 4 N–H and O–H groups in total. The summed E-state index contributed by atoms with van der Waals surface area (Å²) in [6.45, 7) is -0.801. The molecule has 2 rings (SSSR count). The largest absolute Gasteiger partial charge is 0.394 e. The van der Waals surface area contributed by atoms with E-state index in [0.29, 0.717) is 4.57 Å². The summed E-state index contributed by atoms with van der Waals surface area (Å²) in [6.07, 6.45) is -3.22. The van der Waals surface area contributed by atoms with Gasteiger partial charge in [0, 0.05) is 11.8 Å². The van der Waals surface area contributed by atoms with Gasteiger partial charge in [-0.3, -0.25) is 4.57 Å². The van der Waals surface area contributed by atoms with Crippen molar-refractivity contribution in [2.24, 2.45) is 0 Å². The van der Waals surface area contributed by atoms with Crippen LogP contribution in [0.15, 0.2) is 15.1 Å². The van der Waals surface area contributed by atoms with Gasteiger partial charge in [-0.05, 0) is 10.2 Å². The Kier molecular flexibility index (Phi) is 4.60. The van der Waals surface area contributed by atoms with Crippen molar-refractivity contribution >= 4 is 34.5 Å². The average molecular weight is 415 g/mol. The third-order valence-electron chi connectivity index (χ3n) is 3.07. The third kappa shape index (κ3) is 2.80. The molecular weight excluding hydrogens is 403 g/mol. The standard InChI is InChI=1S/C11H12F2IN3O4/c12-11(13)7(19)6(4-18)21-9(11)17-3-5(1-2-14)8(15)16-10(17)20/h1-3,6-7,9,18-19H,4H2,(H2,15,16,20). The summed E-state index contributed by atoms with van der Waals surface area (Å²) in [6, 6.07) is 0. The second-order valence-corrected chi connectivity index (χ2v) is 5.11. The van der Waals surface area contributed by atoms with E-state index in [1.54, 1.807) is 4.08 Å². The maximum Gasteiger partial charge on any atom is 0.351 e. The summed E-state index contributed by atoms with van der Waals surface area (Å²) in [5.41, 5.74) is 4.75. The predicted molar refractivity (Wildman–Crippen MR) is 77.9 cm³/mol. The molecule has 1 aromatic rings. The summed E-state index contributed by atoms with van der Waals surface area (Å²) in [4.78, 5) is 15.2. The molecule has 1 aromatic heterocycles. The van der Waals surface area contributed by atoms with E-state index in [9.17, 15) is 18.7 Å². The van der Waals surface area contributed by atoms with Crippen LogP contribution in [0.25, 0.3) is 6.08 Å². The molecule has 3 atom stereocenters. The maximum absolute atomic E-state index is 14.0. The molecule has 21 heavy (non-hydrogen) atoms. The molecule has 0 amide bonds. The van der Waals surface area contributed by atoms with Crippen LogP contribution in [-0.2, 0) is 4.74 Å². The molecule has 1 aliphatic rings. The van der Waals surface area contributed by atoms with Crippen molar-refractivity contribution in [3.63, 3.8) is 0 Å². The van der Waals surface area contributed by atoms with E-state index in [0.717, 1.165) is 6.20 Å². The number of alkyl halides is 2. The molecule has 1 aliphatic heterocycles. The smallest absolute Gasteiger partial charge is 0.351 e. The van der Waals surface area contributed by atoms with E-state index in [-0.39, 0.29) is 11.4 Å². The highest BCUT2D eigenvalue weighted by Gasteiger charge is 2.59. The average Bonchev–Trinajstić information content (AvgIpc) is 2.65. The van der Waals surface area contributed by atoms with Gasteiger partial charge in [0.25, 0.3) is 0 Å². The van der Waals surface area contributed by atoms with Crippen LogP contribution in [0.3, 0.4) is 0 Å². The summed E-state index contributed by atoms with van der Waals surface area (Å²) in [5, 5.41) is 18.4. The van der Waals surface area contributed by atoms with Crippen molar-refractivity contribution in [1.82, 2.24) is 9.55 Å². The second kappa shape index (κ2) is 5.94. The number of rotatable bonds is 3. The molecule has 0 radical (unpaired) electrons. The van der Waals surface area contributed by atoms with Crippen molar-refractivity contribution in [2.75, 3.05) is 12.3 Å². The number of nitrogens with two attached hydrogens (primary N) is 1. The summed E-state index contributed by atoms with van der Waals surface area (Å²) in [7, 11) is 0. The minimum absolute atomic E-state index is 0.107. The molecule has 10 heteroatoms. The quantitative estimate of drug-likeness (QED) is 0.605. The van der Waals surface area contributed by atoms with Gasteiger partial charge in [-0.15, -0.1) is 0 Å². The number of hydrogen-bond donors (Lipinski definition) is 3.